The van der Waals surface area contributed by atoms with Gasteiger partial charge in [0.15, 0.2) is 12.1 Å². The first-order chi connectivity index (χ1) is 6.02. The molecule has 4 atom stereocenters. The van der Waals surface area contributed by atoms with Crippen molar-refractivity contribution >= 4 is 5.78 Å². The molecule has 0 amide bonds. The average Bonchev–Trinajstić information content (AvgIpc) is 2.09. The van der Waals surface area contributed by atoms with Crippen molar-refractivity contribution in [1.29, 1.82) is 0 Å². The highest BCUT2D eigenvalue weighted by atomic mass is 16.8. The maximum absolute atomic E-state index is 11.5. The van der Waals surface area contributed by atoms with Gasteiger partial charge in [-0.05, 0) is 6.92 Å². The molecule has 0 spiro atoms. The Morgan fingerprint density at radius 1 is 1.54 bits per heavy atom. The van der Waals surface area contributed by atoms with E-state index in [2.05, 4.69) is 0 Å². The van der Waals surface area contributed by atoms with Gasteiger partial charge in [0, 0.05) is 25.2 Å². The molecule has 1 N–H and O–H groups in total. The number of rotatable bonds is 0. The second-order valence-electron chi connectivity index (χ2n) is 4.46. The predicted molar refractivity (Wildman–Crippen MR) is 41.7 cm³/mol. The van der Waals surface area contributed by atoms with E-state index >= 15 is 0 Å². The van der Waals surface area contributed by atoms with Crippen molar-refractivity contribution in [3.63, 3.8) is 0 Å². The summed E-state index contributed by atoms with van der Waals surface area (Å²) in [7, 11) is 0. The Morgan fingerprint density at radius 3 is 3.08 bits per heavy atom. The summed E-state index contributed by atoms with van der Waals surface area (Å²) in [6.45, 7) is 1.76. The molecular weight excluding hydrogens is 172 g/mol. The third-order valence-corrected chi connectivity index (χ3v) is 3.51. The van der Waals surface area contributed by atoms with Crippen molar-refractivity contribution < 1.29 is 19.4 Å². The molecule has 2 saturated heterocycles. The molecule has 1 saturated carbocycles. The zero-order valence-corrected chi connectivity index (χ0v) is 7.45. The van der Waals surface area contributed by atoms with E-state index < -0.39 is 11.4 Å². The van der Waals surface area contributed by atoms with Crippen LogP contribution in [0.1, 0.15) is 26.2 Å². The van der Waals surface area contributed by atoms with Gasteiger partial charge >= 0.3 is 0 Å². The van der Waals surface area contributed by atoms with E-state index in [4.69, 9.17) is 9.47 Å². The van der Waals surface area contributed by atoms with Gasteiger partial charge < -0.3 is 14.6 Å². The number of aliphatic hydroxyl groups is 1. The largest absolute Gasteiger partial charge is 0.363 e. The number of Topliss-reactive ketones (excluding diaryl/α,β-unsaturated/α-hetero) is 1. The van der Waals surface area contributed by atoms with Gasteiger partial charge in [-0.25, -0.2) is 0 Å². The minimum absolute atomic E-state index is 0.0562. The number of carbonyl (C=O) groups is 1. The molecule has 0 aromatic heterocycles. The fraction of sp³-hybridized carbons (Fsp3) is 0.889. The minimum Gasteiger partial charge on any atom is -0.363 e. The number of ketones is 1. The quantitative estimate of drug-likeness (QED) is 0.584. The van der Waals surface area contributed by atoms with Crippen LogP contribution in [0.2, 0.25) is 0 Å². The van der Waals surface area contributed by atoms with E-state index in [0.717, 1.165) is 0 Å². The van der Waals surface area contributed by atoms with Gasteiger partial charge in [0.05, 0.1) is 0 Å². The van der Waals surface area contributed by atoms with Crippen molar-refractivity contribution in [2.45, 2.75) is 43.9 Å². The first-order valence-corrected chi connectivity index (χ1v) is 4.63. The lowest BCUT2D eigenvalue weighted by atomic mass is 9.73. The van der Waals surface area contributed by atoms with Gasteiger partial charge in [-0.1, -0.05) is 0 Å². The molecule has 4 nitrogen and oxygen atoms in total. The summed E-state index contributed by atoms with van der Waals surface area (Å²) in [4.78, 5) is 11.5. The fourth-order valence-corrected chi connectivity index (χ4v) is 2.66. The van der Waals surface area contributed by atoms with E-state index in [0.29, 0.717) is 12.8 Å². The minimum atomic E-state index is -1.21. The highest BCUT2D eigenvalue weighted by Crippen LogP contribution is 2.53. The topological polar surface area (TPSA) is 55.8 Å². The Balaban J connectivity index is 2.10. The molecule has 13 heavy (non-hydrogen) atoms. The summed E-state index contributed by atoms with van der Waals surface area (Å²) >= 11 is 0. The molecular formula is C9H12O4. The van der Waals surface area contributed by atoms with Crippen LogP contribution in [-0.4, -0.2) is 28.6 Å². The first kappa shape index (κ1) is 7.91. The molecule has 0 radical (unpaired) electrons. The second-order valence-corrected chi connectivity index (χ2v) is 4.46. The number of hydrogen-bond donors (Lipinski definition) is 1. The Hall–Kier alpha value is -0.450. The van der Waals surface area contributed by atoms with Gasteiger partial charge in [-0.2, -0.15) is 0 Å². The lowest BCUT2D eigenvalue weighted by Gasteiger charge is -2.42. The van der Waals surface area contributed by atoms with E-state index in [1.807, 2.05) is 0 Å². The standard InChI is InChI=1S/C9H12O4/c1-8-4-6(10)5-2-7(12-8)13-9(8,11)3-5/h5,7,11H,2-4H2,1H3. The highest BCUT2D eigenvalue weighted by Gasteiger charge is 2.66. The van der Waals surface area contributed by atoms with Crippen molar-refractivity contribution in [1.82, 2.24) is 0 Å². The molecule has 1 aliphatic carbocycles. The Bertz CT molecular complexity index is 289. The predicted octanol–water partition coefficient (Wildman–Crippen LogP) is 0.189. The molecule has 2 aliphatic heterocycles. The van der Waals surface area contributed by atoms with Gasteiger partial charge in [0.1, 0.15) is 11.4 Å². The first-order valence-electron chi connectivity index (χ1n) is 4.63. The summed E-state index contributed by atoms with van der Waals surface area (Å²) in [6, 6.07) is 0. The van der Waals surface area contributed by atoms with Crippen LogP contribution in [0, 0.1) is 5.92 Å². The number of ether oxygens (including phenoxy) is 2. The molecule has 2 heterocycles. The molecule has 4 unspecified atom stereocenters. The summed E-state index contributed by atoms with van der Waals surface area (Å²) in [5.41, 5.74) is -0.804. The van der Waals surface area contributed by atoms with Crippen LogP contribution >= 0.6 is 0 Å². The second kappa shape index (κ2) is 1.97. The Kier molecular flexibility index (Phi) is 1.20. The SMILES string of the molecule is CC12CC(=O)C3CC(O1)OC2(O)C3. The van der Waals surface area contributed by atoms with Crippen LogP contribution in [0.15, 0.2) is 0 Å². The molecule has 3 fully saturated rings. The number of carbonyl (C=O) groups excluding carboxylic acids is 1. The monoisotopic (exact) mass is 184 g/mol. The van der Waals surface area contributed by atoms with Crippen LogP contribution < -0.4 is 0 Å². The third kappa shape index (κ3) is 0.789. The van der Waals surface area contributed by atoms with Crippen LogP contribution in [0.25, 0.3) is 0 Å². The molecule has 4 heteroatoms. The molecule has 0 aromatic rings. The highest BCUT2D eigenvalue weighted by molar-refractivity contribution is 5.84. The third-order valence-electron chi connectivity index (χ3n) is 3.51. The van der Waals surface area contributed by atoms with Gasteiger partial charge in [-0.15, -0.1) is 0 Å². The molecule has 0 aromatic carbocycles. The lowest BCUT2D eigenvalue weighted by Crippen LogP contribution is -2.57. The van der Waals surface area contributed by atoms with Crippen molar-refractivity contribution in [2.24, 2.45) is 5.92 Å². The Morgan fingerprint density at radius 2 is 2.31 bits per heavy atom. The summed E-state index contributed by atoms with van der Waals surface area (Å²) in [5.74, 6) is -1.06. The molecule has 3 aliphatic rings. The zero-order chi connectivity index (χ0) is 9.27. The van der Waals surface area contributed by atoms with Crippen LogP contribution in [0.4, 0.5) is 0 Å². The van der Waals surface area contributed by atoms with Crippen molar-refractivity contribution in [2.75, 3.05) is 0 Å². The normalized spacial score (nSPS) is 58.8. The maximum atomic E-state index is 11.5. The molecule has 72 valence electrons. The Labute approximate surface area is 75.8 Å². The fourth-order valence-electron chi connectivity index (χ4n) is 2.66. The van der Waals surface area contributed by atoms with E-state index in [1.54, 1.807) is 6.92 Å². The summed E-state index contributed by atoms with van der Waals surface area (Å²) in [5, 5.41) is 10.1. The van der Waals surface area contributed by atoms with Crippen LogP contribution in [-0.2, 0) is 14.3 Å². The van der Waals surface area contributed by atoms with Gasteiger partial charge in [0.25, 0.3) is 0 Å². The van der Waals surface area contributed by atoms with E-state index in [1.165, 1.54) is 0 Å². The maximum Gasteiger partial charge on any atom is 0.198 e. The number of hydrogen-bond acceptors (Lipinski definition) is 4. The van der Waals surface area contributed by atoms with E-state index in [9.17, 15) is 9.90 Å². The summed E-state index contributed by atoms with van der Waals surface area (Å²) < 4.78 is 10.9. The molecule has 3 rings (SSSR count). The van der Waals surface area contributed by atoms with Crippen molar-refractivity contribution in [3.8, 4) is 0 Å². The van der Waals surface area contributed by atoms with Crippen LogP contribution in [0.5, 0.6) is 0 Å². The average molecular weight is 184 g/mol. The molecule has 3 bridgehead atoms. The number of fused-ring (bicyclic) bond motifs is 2. The van der Waals surface area contributed by atoms with Gasteiger partial charge in [0.2, 0.25) is 0 Å². The van der Waals surface area contributed by atoms with E-state index in [-0.39, 0.29) is 24.4 Å². The zero-order valence-electron chi connectivity index (χ0n) is 7.45. The smallest absolute Gasteiger partial charge is 0.198 e. The van der Waals surface area contributed by atoms with Gasteiger partial charge in [-0.3, -0.25) is 4.79 Å². The summed E-state index contributed by atoms with van der Waals surface area (Å²) in [6.07, 6.45) is 0.917. The van der Waals surface area contributed by atoms with Crippen LogP contribution in [0.3, 0.4) is 0 Å². The van der Waals surface area contributed by atoms with Crippen molar-refractivity contribution in [3.05, 3.63) is 0 Å². The lowest BCUT2D eigenvalue weighted by molar-refractivity contribution is -0.254.